The van der Waals surface area contributed by atoms with Gasteiger partial charge in [0.25, 0.3) is 0 Å². The smallest absolute Gasteiger partial charge is 0.332 e. The zero-order valence-electron chi connectivity index (χ0n) is 8.31. The highest BCUT2D eigenvalue weighted by atomic mass is 16.6. The van der Waals surface area contributed by atoms with Gasteiger partial charge in [-0.1, -0.05) is 6.92 Å². The molecule has 82 valence electrons. The Morgan fingerprint density at radius 2 is 1.71 bits per heavy atom. The normalized spacial score (nSPS) is 10.6. The van der Waals surface area contributed by atoms with Crippen LogP contribution < -0.4 is 0 Å². The summed E-state index contributed by atoms with van der Waals surface area (Å²) in [6.07, 6.45) is -0.982. The molecule has 0 spiro atoms. The van der Waals surface area contributed by atoms with E-state index in [-0.39, 0.29) is 6.42 Å². The van der Waals surface area contributed by atoms with Crippen LogP contribution in [0.15, 0.2) is 0 Å². The van der Waals surface area contributed by atoms with E-state index in [1.807, 2.05) is 0 Å². The fourth-order valence-electron chi connectivity index (χ4n) is 0.232. The van der Waals surface area contributed by atoms with E-state index >= 15 is 0 Å². The number of carboxylic acid groups (broad SMARTS) is 1. The maximum absolute atomic E-state index is 10.2. The highest BCUT2D eigenvalue weighted by Crippen LogP contribution is 1.82. The first kappa shape index (κ1) is 15.1. The van der Waals surface area contributed by atoms with Crippen molar-refractivity contribution >= 4 is 17.9 Å². The topological polar surface area (TPSA) is 101 Å². The van der Waals surface area contributed by atoms with Gasteiger partial charge >= 0.3 is 17.9 Å². The minimum Gasteiger partial charge on any atom is -0.479 e. The van der Waals surface area contributed by atoms with E-state index in [0.29, 0.717) is 0 Å². The minimum atomic E-state index is -1.23. The van der Waals surface area contributed by atoms with Crippen molar-refractivity contribution in [2.75, 3.05) is 0 Å². The van der Waals surface area contributed by atoms with Crippen LogP contribution in [0.5, 0.6) is 0 Å². The van der Waals surface area contributed by atoms with Gasteiger partial charge in [0, 0.05) is 13.3 Å². The molecule has 1 atom stereocenters. The second kappa shape index (κ2) is 8.18. The van der Waals surface area contributed by atoms with Crippen LogP contribution in [0.1, 0.15) is 27.2 Å². The molecule has 0 aliphatic rings. The van der Waals surface area contributed by atoms with E-state index in [9.17, 15) is 14.4 Å². The van der Waals surface area contributed by atoms with Gasteiger partial charge in [-0.15, -0.1) is 0 Å². The van der Waals surface area contributed by atoms with E-state index in [2.05, 4.69) is 4.74 Å². The van der Waals surface area contributed by atoms with Crippen molar-refractivity contribution in [3.05, 3.63) is 0 Å². The van der Waals surface area contributed by atoms with Gasteiger partial charge in [-0.25, -0.2) is 4.79 Å². The second-order valence-corrected chi connectivity index (χ2v) is 2.33. The van der Waals surface area contributed by atoms with Crippen LogP contribution in [0, 0.1) is 0 Å². The summed E-state index contributed by atoms with van der Waals surface area (Å²) in [5.41, 5.74) is 0. The van der Waals surface area contributed by atoms with Crippen molar-refractivity contribution in [3.63, 3.8) is 0 Å². The SMILES string of the molecule is CC(O)C(=O)O.CCC(=O)OC(C)=O. The third-order valence-electron chi connectivity index (χ3n) is 0.904. The van der Waals surface area contributed by atoms with Crippen molar-refractivity contribution in [2.45, 2.75) is 33.3 Å². The van der Waals surface area contributed by atoms with Gasteiger partial charge in [0.05, 0.1) is 0 Å². The van der Waals surface area contributed by atoms with E-state index in [1.165, 1.54) is 13.8 Å². The van der Waals surface area contributed by atoms with Crippen molar-refractivity contribution in [2.24, 2.45) is 0 Å². The number of aliphatic carboxylic acids is 1. The summed E-state index contributed by atoms with van der Waals surface area (Å²) < 4.78 is 4.12. The molecule has 0 saturated heterocycles. The molecular weight excluding hydrogens is 192 g/mol. The molecule has 0 rings (SSSR count). The average molecular weight is 206 g/mol. The molecule has 0 aromatic rings. The molecule has 6 nitrogen and oxygen atoms in total. The molecule has 0 amide bonds. The van der Waals surface area contributed by atoms with E-state index < -0.39 is 24.0 Å². The number of aliphatic hydroxyl groups excluding tert-OH is 1. The van der Waals surface area contributed by atoms with Gasteiger partial charge in [-0.05, 0) is 6.92 Å². The Morgan fingerprint density at radius 1 is 1.36 bits per heavy atom. The van der Waals surface area contributed by atoms with Crippen LogP contribution in [-0.4, -0.2) is 34.2 Å². The summed E-state index contributed by atoms with van der Waals surface area (Å²) >= 11 is 0. The monoisotopic (exact) mass is 206 g/mol. The fraction of sp³-hybridized carbons (Fsp3) is 0.625. The van der Waals surface area contributed by atoms with Gasteiger partial charge in [0.1, 0.15) is 6.10 Å². The number of rotatable bonds is 2. The second-order valence-electron chi connectivity index (χ2n) is 2.33. The molecule has 0 radical (unpaired) electrons. The summed E-state index contributed by atoms with van der Waals surface area (Å²) in [5.74, 6) is -2.20. The van der Waals surface area contributed by atoms with Gasteiger partial charge in [0.2, 0.25) is 0 Å². The van der Waals surface area contributed by atoms with Gasteiger partial charge in [0.15, 0.2) is 0 Å². The van der Waals surface area contributed by atoms with E-state index in [0.717, 1.165) is 0 Å². The third kappa shape index (κ3) is 13.2. The van der Waals surface area contributed by atoms with Crippen LogP contribution in [0.3, 0.4) is 0 Å². The van der Waals surface area contributed by atoms with E-state index in [4.69, 9.17) is 10.2 Å². The van der Waals surface area contributed by atoms with Gasteiger partial charge in [-0.3, -0.25) is 9.59 Å². The molecule has 0 saturated carbocycles. The molecule has 1 unspecified atom stereocenters. The molecular formula is C8H14O6. The van der Waals surface area contributed by atoms with Crippen LogP contribution in [0.25, 0.3) is 0 Å². The Bertz CT molecular complexity index is 208. The van der Waals surface area contributed by atoms with Crippen LogP contribution >= 0.6 is 0 Å². The van der Waals surface area contributed by atoms with Crippen LogP contribution in [0.4, 0.5) is 0 Å². The Labute approximate surface area is 81.5 Å². The van der Waals surface area contributed by atoms with Crippen molar-refractivity contribution in [1.82, 2.24) is 0 Å². The summed E-state index contributed by atoms with van der Waals surface area (Å²) in [4.78, 5) is 29.6. The molecule has 0 fully saturated rings. The lowest BCUT2D eigenvalue weighted by molar-refractivity contribution is -0.157. The van der Waals surface area contributed by atoms with Crippen molar-refractivity contribution in [1.29, 1.82) is 0 Å². The maximum atomic E-state index is 10.2. The Balaban J connectivity index is 0. The Kier molecular flexibility index (Phi) is 8.80. The number of carboxylic acids is 1. The molecule has 0 aromatic carbocycles. The number of carbonyl (C=O) groups is 3. The van der Waals surface area contributed by atoms with Crippen molar-refractivity contribution < 1.29 is 29.3 Å². The van der Waals surface area contributed by atoms with Gasteiger partial charge < -0.3 is 14.9 Å². The highest BCUT2D eigenvalue weighted by molar-refractivity contribution is 5.83. The Morgan fingerprint density at radius 3 is 1.79 bits per heavy atom. The zero-order chi connectivity index (χ0) is 11.7. The number of ether oxygens (including phenoxy) is 1. The third-order valence-corrected chi connectivity index (χ3v) is 0.904. The van der Waals surface area contributed by atoms with Gasteiger partial charge in [-0.2, -0.15) is 0 Å². The first-order chi connectivity index (χ1) is 6.31. The number of hydrogen-bond donors (Lipinski definition) is 2. The quantitative estimate of drug-likeness (QED) is 0.484. The predicted octanol–water partition coefficient (Wildman–Crippen LogP) is -0.0621. The lowest BCUT2D eigenvalue weighted by Crippen LogP contribution is -2.13. The first-order valence-corrected chi connectivity index (χ1v) is 3.93. The molecule has 0 aliphatic heterocycles. The fourth-order valence-corrected chi connectivity index (χ4v) is 0.232. The number of hydrogen-bond acceptors (Lipinski definition) is 5. The summed E-state index contributed by atoms with van der Waals surface area (Å²) in [7, 11) is 0. The molecule has 2 N–H and O–H groups in total. The lowest BCUT2D eigenvalue weighted by Gasteiger charge is -1.92. The first-order valence-electron chi connectivity index (χ1n) is 3.93. The summed E-state index contributed by atoms with van der Waals surface area (Å²) in [6, 6.07) is 0. The Hall–Kier alpha value is -1.43. The molecule has 6 heteroatoms. The highest BCUT2D eigenvalue weighted by Gasteiger charge is 2.01. The zero-order valence-corrected chi connectivity index (χ0v) is 8.31. The molecule has 0 bridgehead atoms. The molecule has 14 heavy (non-hydrogen) atoms. The lowest BCUT2D eigenvalue weighted by atomic mass is 10.4. The predicted molar refractivity (Wildman–Crippen MR) is 46.4 cm³/mol. The molecule has 0 heterocycles. The van der Waals surface area contributed by atoms with Crippen LogP contribution in [0.2, 0.25) is 0 Å². The largest absolute Gasteiger partial charge is 0.479 e. The number of esters is 2. The number of aliphatic hydroxyl groups is 1. The molecule has 0 aromatic heterocycles. The van der Waals surface area contributed by atoms with E-state index in [1.54, 1.807) is 6.92 Å². The van der Waals surface area contributed by atoms with Crippen molar-refractivity contribution in [3.8, 4) is 0 Å². The summed E-state index contributed by atoms with van der Waals surface area (Å²) in [6.45, 7) is 4.03. The maximum Gasteiger partial charge on any atom is 0.332 e. The number of carbonyl (C=O) groups excluding carboxylic acids is 2. The average Bonchev–Trinajstić information content (AvgIpc) is 2.04. The minimum absolute atomic E-state index is 0.250. The standard InChI is InChI=1S/C5H8O3.C3H6O3/c1-3-5(7)8-4(2)6;1-2(4)3(5)6/h3H2,1-2H3;2,4H,1H3,(H,5,6). The van der Waals surface area contributed by atoms with Crippen LogP contribution in [-0.2, 0) is 19.1 Å². The summed E-state index contributed by atoms with van der Waals surface area (Å²) in [5, 5.41) is 15.8. The molecule has 0 aliphatic carbocycles.